The van der Waals surface area contributed by atoms with Gasteiger partial charge in [-0.25, -0.2) is 24.9 Å². The highest BCUT2D eigenvalue weighted by Crippen LogP contribution is 2.16. The van der Waals surface area contributed by atoms with Crippen LogP contribution >= 0.6 is 0 Å². The molecule has 0 fully saturated rings. The zero-order valence-corrected chi connectivity index (χ0v) is 10.9. The minimum Gasteiger partial charge on any atom is -0.382 e. The van der Waals surface area contributed by atoms with E-state index < -0.39 is 0 Å². The SMILES string of the molecule is CC(NCc1ccncn1)c1nc(N)c2[nH]cnc2n1. The minimum absolute atomic E-state index is 0.0617. The molecule has 0 aromatic carbocycles. The number of hydrogen-bond acceptors (Lipinski definition) is 7. The van der Waals surface area contributed by atoms with Crippen LogP contribution in [0.3, 0.4) is 0 Å². The van der Waals surface area contributed by atoms with Gasteiger partial charge in [0, 0.05) is 12.7 Å². The number of anilines is 1. The first-order valence-electron chi connectivity index (χ1n) is 6.19. The molecular weight excluding hydrogens is 256 g/mol. The smallest absolute Gasteiger partial charge is 0.183 e. The summed E-state index contributed by atoms with van der Waals surface area (Å²) in [5.41, 5.74) is 8.02. The third kappa shape index (κ3) is 2.41. The van der Waals surface area contributed by atoms with Gasteiger partial charge in [0.25, 0.3) is 0 Å². The van der Waals surface area contributed by atoms with Crippen molar-refractivity contribution in [1.82, 2.24) is 35.2 Å². The van der Waals surface area contributed by atoms with Crippen LogP contribution in [0.4, 0.5) is 5.82 Å². The van der Waals surface area contributed by atoms with Crippen LogP contribution in [0.1, 0.15) is 24.5 Å². The van der Waals surface area contributed by atoms with Crippen LogP contribution in [0.25, 0.3) is 11.2 Å². The minimum atomic E-state index is -0.0617. The van der Waals surface area contributed by atoms with E-state index in [9.17, 15) is 0 Å². The lowest BCUT2D eigenvalue weighted by Gasteiger charge is -2.12. The van der Waals surface area contributed by atoms with Crippen molar-refractivity contribution < 1.29 is 0 Å². The molecule has 102 valence electrons. The number of nitrogens with zero attached hydrogens (tertiary/aromatic N) is 5. The molecule has 3 rings (SSSR count). The summed E-state index contributed by atoms with van der Waals surface area (Å²) >= 11 is 0. The molecule has 3 aromatic heterocycles. The number of nitrogen functional groups attached to an aromatic ring is 1. The van der Waals surface area contributed by atoms with Crippen LogP contribution < -0.4 is 11.1 Å². The van der Waals surface area contributed by atoms with Crippen molar-refractivity contribution in [2.75, 3.05) is 5.73 Å². The lowest BCUT2D eigenvalue weighted by atomic mass is 10.3. The Morgan fingerprint density at radius 1 is 1.35 bits per heavy atom. The van der Waals surface area contributed by atoms with Gasteiger partial charge in [0.15, 0.2) is 11.5 Å². The van der Waals surface area contributed by atoms with Crippen molar-refractivity contribution in [1.29, 1.82) is 0 Å². The molecule has 3 aromatic rings. The Morgan fingerprint density at radius 3 is 3.05 bits per heavy atom. The highest BCUT2D eigenvalue weighted by Gasteiger charge is 2.13. The Morgan fingerprint density at radius 2 is 2.25 bits per heavy atom. The van der Waals surface area contributed by atoms with E-state index in [1.54, 1.807) is 12.5 Å². The maximum absolute atomic E-state index is 5.88. The Bertz CT molecular complexity index is 708. The van der Waals surface area contributed by atoms with Gasteiger partial charge in [-0.2, -0.15) is 0 Å². The number of H-pyrrole nitrogens is 1. The molecule has 0 aliphatic heterocycles. The molecule has 1 atom stereocenters. The molecule has 0 spiro atoms. The Labute approximate surface area is 114 Å². The second-order valence-electron chi connectivity index (χ2n) is 4.37. The Balaban J connectivity index is 1.76. The third-order valence-electron chi connectivity index (χ3n) is 2.95. The maximum atomic E-state index is 5.88. The number of hydrogen-bond donors (Lipinski definition) is 3. The zero-order chi connectivity index (χ0) is 13.9. The van der Waals surface area contributed by atoms with Gasteiger partial charge in [-0.3, -0.25) is 0 Å². The lowest BCUT2D eigenvalue weighted by molar-refractivity contribution is 0.542. The van der Waals surface area contributed by atoms with E-state index in [-0.39, 0.29) is 6.04 Å². The van der Waals surface area contributed by atoms with Gasteiger partial charge in [0.1, 0.15) is 17.7 Å². The number of rotatable bonds is 4. The van der Waals surface area contributed by atoms with Crippen LogP contribution in [0, 0.1) is 0 Å². The van der Waals surface area contributed by atoms with E-state index >= 15 is 0 Å². The molecule has 0 amide bonds. The van der Waals surface area contributed by atoms with Crippen LogP contribution in [0.15, 0.2) is 24.9 Å². The highest BCUT2D eigenvalue weighted by atomic mass is 15.1. The second kappa shape index (κ2) is 5.17. The van der Waals surface area contributed by atoms with Crippen molar-refractivity contribution in [3.63, 3.8) is 0 Å². The summed E-state index contributed by atoms with van der Waals surface area (Å²) in [6.45, 7) is 2.57. The monoisotopic (exact) mass is 270 g/mol. The average Bonchev–Trinajstić information content (AvgIpc) is 2.95. The molecule has 4 N–H and O–H groups in total. The molecule has 3 heterocycles. The first-order valence-corrected chi connectivity index (χ1v) is 6.19. The lowest BCUT2D eigenvalue weighted by Crippen LogP contribution is -2.21. The number of fused-ring (bicyclic) bond motifs is 1. The number of imidazole rings is 1. The normalized spacial score (nSPS) is 12.7. The molecule has 8 heteroatoms. The maximum Gasteiger partial charge on any atom is 0.183 e. The van der Waals surface area contributed by atoms with Crippen molar-refractivity contribution in [3.8, 4) is 0 Å². The molecule has 1 unspecified atom stereocenters. The number of nitrogens with two attached hydrogens (primary N) is 1. The molecule has 0 radical (unpaired) electrons. The number of aromatic amines is 1. The van der Waals surface area contributed by atoms with Crippen LogP contribution in [-0.4, -0.2) is 29.9 Å². The van der Waals surface area contributed by atoms with E-state index in [2.05, 4.69) is 35.2 Å². The van der Waals surface area contributed by atoms with E-state index in [1.807, 2.05) is 13.0 Å². The van der Waals surface area contributed by atoms with Gasteiger partial charge in [-0.05, 0) is 13.0 Å². The summed E-state index contributed by atoms with van der Waals surface area (Å²) in [7, 11) is 0. The predicted octanol–water partition coefficient (Wildman–Crippen LogP) is 0.576. The molecule has 0 saturated heterocycles. The summed E-state index contributed by atoms with van der Waals surface area (Å²) in [5, 5.41) is 3.29. The first-order chi connectivity index (χ1) is 9.74. The molecular formula is C12H14N8. The first kappa shape index (κ1) is 12.4. The summed E-state index contributed by atoms with van der Waals surface area (Å²) < 4.78 is 0. The third-order valence-corrected chi connectivity index (χ3v) is 2.95. The summed E-state index contributed by atoms with van der Waals surface area (Å²) in [6, 6.07) is 1.79. The number of aromatic nitrogens is 6. The van der Waals surface area contributed by atoms with E-state index in [0.29, 0.717) is 29.4 Å². The standard InChI is InChI=1S/C12H14N8/c1-7(15-4-8-2-3-14-5-16-8)11-19-10(13)9-12(20-11)18-6-17-9/h2-3,5-7,15H,4H2,1H3,(H3,13,17,18,19,20). The van der Waals surface area contributed by atoms with Gasteiger partial charge < -0.3 is 16.0 Å². The van der Waals surface area contributed by atoms with Crippen LogP contribution in [-0.2, 0) is 6.54 Å². The van der Waals surface area contributed by atoms with Gasteiger partial charge in [-0.1, -0.05) is 0 Å². The Kier molecular flexibility index (Phi) is 3.21. The van der Waals surface area contributed by atoms with Crippen LogP contribution in [0.5, 0.6) is 0 Å². The largest absolute Gasteiger partial charge is 0.382 e. The molecule has 20 heavy (non-hydrogen) atoms. The van der Waals surface area contributed by atoms with Crippen molar-refractivity contribution in [2.45, 2.75) is 19.5 Å². The summed E-state index contributed by atoms with van der Waals surface area (Å²) in [6.07, 6.45) is 4.78. The van der Waals surface area contributed by atoms with Gasteiger partial charge in [0.2, 0.25) is 0 Å². The average molecular weight is 270 g/mol. The highest BCUT2D eigenvalue weighted by molar-refractivity contribution is 5.80. The summed E-state index contributed by atoms with van der Waals surface area (Å²) in [5.74, 6) is 1.01. The Hall–Kier alpha value is -2.61. The molecule has 0 bridgehead atoms. The fourth-order valence-electron chi connectivity index (χ4n) is 1.84. The topological polar surface area (TPSA) is 118 Å². The van der Waals surface area contributed by atoms with E-state index in [1.165, 1.54) is 6.33 Å². The van der Waals surface area contributed by atoms with Crippen molar-refractivity contribution in [2.24, 2.45) is 0 Å². The zero-order valence-electron chi connectivity index (χ0n) is 10.9. The number of nitrogens with one attached hydrogen (secondary N) is 2. The van der Waals surface area contributed by atoms with Gasteiger partial charge in [0.05, 0.1) is 18.1 Å². The van der Waals surface area contributed by atoms with Crippen molar-refractivity contribution >= 4 is 17.0 Å². The molecule has 0 aliphatic rings. The van der Waals surface area contributed by atoms with Gasteiger partial charge in [-0.15, -0.1) is 0 Å². The molecule has 8 nitrogen and oxygen atoms in total. The van der Waals surface area contributed by atoms with E-state index in [0.717, 1.165) is 5.69 Å². The fraction of sp³-hybridized carbons (Fsp3) is 0.250. The predicted molar refractivity (Wildman–Crippen MR) is 73.4 cm³/mol. The van der Waals surface area contributed by atoms with Crippen LogP contribution in [0.2, 0.25) is 0 Å². The van der Waals surface area contributed by atoms with Crippen molar-refractivity contribution in [3.05, 3.63) is 36.4 Å². The second-order valence-corrected chi connectivity index (χ2v) is 4.37. The van der Waals surface area contributed by atoms with E-state index in [4.69, 9.17) is 5.73 Å². The van der Waals surface area contributed by atoms with Gasteiger partial charge >= 0.3 is 0 Å². The summed E-state index contributed by atoms with van der Waals surface area (Å²) in [4.78, 5) is 23.7. The molecule has 0 aliphatic carbocycles. The fourth-order valence-corrected chi connectivity index (χ4v) is 1.84. The quantitative estimate of drug-likeness (QED) is 0.634. The molecule has 0 saturated carbocycles.